The topological polar surface area (TPSA) is 68.3 Å². The average molecular weight is 344 g/mol. The van der Waals surface area contributed by atoms with Gasteiger partial charge in [-0.1, -0.05) is 6.07 Å². The van der Waals surface area contributed by atoms with Gasteiger partial charge in [-0.05, 0) is 24.1 Å². The van der Waals surface area contributed by atoms with Crippen molar-refractivity contribution in [2.24, 2.45) is 0 Å². The number of rotatable bonds is 7. The Morgan fingerprint density at radius 3 is 2.43 bits per heavy atom. The molecule has 0 amide bonds. The predicted molar refractivity (Wildman–Crippen MR) is 87.2 cm³/mol. The number of hydrogen-bond acceptors (Lipinski definition) is 5. The van der Waals surface area contributed by atoms with Crippen molar-refractivity contribution in [3.05, 3.63) is 23.8 Å². The molecule has 0 N–H and O–H groups in total. The Balaban J connectivity index is 1.99. The van der Waals surface area contributed by atoms with Crippen LogP contribution in [0.5, 0.6) is 11.5 Å². The Morgan fingerprint density at radius 1 is 1.17 bits per heavy atom. The Bertz CT molecular complexity index is 614. The van der Waals surface area contributed by atoms with Gasteiger partial charge in [0.1, 0.15) is 0 Å². The molecular weight excluding hydrogens is 320 g/mol. The van der Waals surface area contributed by atoms with Crippen molar-refractivity contribution < 1.29 is 22.6 Å². The van der Waals surface area contributed by atoms with Crippen molar-refractivity contribution in [2.45, 2.75) is 6.42 Å². The molecule has 7 nitrogen and oxygen atoms in total. The van der Waals surface area contributed by atoms with Crippen molar-refractivity contribution in [2.75, 3.05) is 54.1 Å². The van der Waals surface area contributed by atoms with Crippen molar-refractivity contribution in [3.63, 3.8) is 0 Å². The highest BCUT2D eigenvalue weighted by molar-refractivity contribution is 7.86. The lowest BCUT2D eigenvalue weighted by Crippen LogP contribution is -2.47. The number of nitrogens with zero attached hydrogens (tertiary/aromatic N) is 2. The fourth-order valence-corrected chi connectivity index (χ4v) is 3.74. The zero-order chi connectivity index (χ0) is 16.9. The zero-order valence-electron chi connectivity index (χ0n) is 13.8. The van der Waals surface area contributed by atoms with Crippen LogP contribution < -0.4 is 9.47 Å². The van der Waals surface area contributed by atoms with Gasteiger partial charge in [0.2, 0.25) is 0 Å². The summed E-state index contributed by atoms with van der Waals surface area (Å²) in [6.45, 7) is 2.10. The van der Waals surface area contributed by atoms with E-state index in [1.807, 2.05) is 18.2 Å². The third kappa shape index (κ3) is 4.35. The lowest BCUT2D eigenvalue weighted by Gasteiger charge is -2.30. The van der Waals surface area contributed by atoms with Crippen LogP contribution in [-0.2, 0) is 21.4 Å². The van der Waals surface area contributed by atoms with E-state index in [-0.39, 0.29) is 0 Å². The first kappa shape index (κ1) is 18.0. The van der Waals surface area contributed by atoms with Crippen LogP contribution in [0, 0.1) is 0 Å². The first-order valence-corrected chi connectivity index (χ1v) is 8.89. The maximum absolute atomic E-state index is 12.5. The highest BCUT2D eigenvalue weighted by atomic mass is 32.2. The molecule has 1 aliphatic heterocycles. The lowest BCUT2D eigenvalue weighted by molar-refractivity contribution is 0.0706. The summed E-state index contributed by atoms with van der Waals surface area (Å²) in [7, 11) is 1.34. The number of morpholine rings is 1. The first-order valence-electron chi connectivity index (χ1n) is 7.49. The normalized spacial score (nSPS) is 16.5. The van der Waals surface area contributed by atoms with E-state index in [0.29, 0.717) is 50.8 Å². The molecule has 0 aromatic heterocycles. The van der Waals surface area contributed by atoms with Crippen LogP contribution in [0.4, 0.5) is 0 Å². The fraction of sp³-hybridized carbons (Fsp3) is 0.600. The average Bonchev–Trinajstić information content (AvgIpc) is 2.59. The molecule has 2 rings (SSSR count). The van der Waals surface area contributed by atoms with Gasteiger partial charge < -0.3 is 14.2 Å². The molecule has 0 unspecified atom stereocenters. The van der Waals surface area contributed by atoms with Gasteiger partial charge in [-0.25, -0.2) is 0 Å². The van der Waals surface area contributed by atoms with E-state index < -0.39 is 10.2 Å². The minimum atomic E-state index is -3.43. The van der Waals surface area contributed by atoms with Gasteiger partial charge in [-0.15, -0.1) is 0 Å². The van der Waals surface area contributed by atoms with Crippen LogP contribution in [0.15, 0.2) is 18.2 Å². The van der Waals surface area contributed by atoms with Crippen LogP contribution in [0.2, 0.25) is 0 Å². The standard InChI is InChI=1S/C15H24N2O5S/c1-16(23(18,19)17-8-10-22-11-9-17)7-6-13-4-5-14(20-2)15(12-13)21-3/h4-5,12H,6-11H2,1-3H3. The second-order valence-corrected chi connectivity index (χ2v) is 7.32. The van der Waals surface area contributed by atoms with Gasteiger partial charge in [0, 0.05) is 26.7 Å². The maximum Gasteiger partial charge on any atom is 0.281 e. The summed E-state index contributed by atoms with van der Waals surface area (Å²) in [5.74, 6) is 1.30. The van der Waals surface area contributed by atoms with Crippen molar-refractivity contribution >= 4 is 10.2 Å². The highest BCUT2D eigenvalue weighted by Crippen LogP contribution is 2.27. The number of ether oxygens (including phenoxy) is 3. The third-order valence-corrected chi connectivity index (χ3v) is 5.84. The van der Waals surface area contributed by atoms with Gasteiger partial charge in [-0.3, -0.25) is 0 Å². The summed E-state index contributed by atoms with van der Waals surface area (Å²) in [5, 5.41) is 0. The second kappa shape index (κ2) is 7.96. The molecule has 0 saturated carbocycles. The molecule has 1 aromatic carbocycles. The molecule has 23 heavy (non-hydrogen) atoms. The Hall–Kier alpha value is -1.35. The quantitative estimate of drug-likeness (QED) is 0.730. The number of likely N-dealkylation sites (N-methyl/N-ethyl adjacent to an activating group) is 1. The molecule has 0 spiro atoms. The molecule has 1 heterocycles. The monoisotopic (exact) mass is 344 g/mol. The van der Waals surface area contributed by atoms with E-state index in [1.54, 1.807) is 21.3 Å². The second-order valence-electron chi connectivity index (χ2n) is 5.28. The van der Waals surface area contributed by atoms with Crippen LogP contribution in [-0.4, -0.2) is 71.1 Å². The first-order chi connectivity index (χ1) is 11.0. The Labute approximate surface area is 137 Å². The van der Waals surface area contributed by atoms with Crippen LogP contribution in [0.25, 0.3) is 0 Å². The van der Waals surface area contributed by atoms with Crippen molar-refractivity contribution in [1.29, 1.82) is 0 Å². The summed E-state index contributed by atoms with van der Waals surface area (Å²) in [6.07, 6.45) is 0.598. The smallest absolute Gasteiger partial charge is 0.281 e. The van der Waals surface area contributed by atoms with Crippen LogP contribution in [0.3, 0.4) is 0 Å². The summed E-state index contributed by atoms with van der Waals surface area (Å²) in [6, 6.07) is 5.61. The molecule has 1 fully saturated rings. The zero-order valence-corrected chi connectivity index (χ0v) is 14.6. The third-order valence-electron chi connectivity index (χ3n) is 3.85. The summed E-state index contributed by atoms with van der Waals surface area (Å²) < 4.78 is 43.5. The van der Waals surface area contributed by atoms with Gasteiger partial charge in [-0.2, -0.15) is 17.0 Å². The molecule has 0 radical (unpaired) electrons. The van der Waals surface area contributed by atoms with Crippen LogP contribution >= 0.6 is 0 Å². The van der Waals surface area contributed by atoms with Gasteiger partial charge in [0.25, 0.3) is 10.2 Å². The fourth-order valence-electron chi connectivity index (χ4n) is 2.41. The lowest BCUT2D eigenvalue weighted by atomic mass is 10.1. The maximum atomic E-state index is 12.5. The largest absolute Gasteiger partial charge is 0.493 e. The van der Waals surface area contributed by atoms with E-state index >= 15 is 0 Å². The molecule has 0 aliphatic carbocycles. The molecule has 0 bridgehead atoms. The number of hydrogen-bond donors (Lipinski definition) is 0. The van der Waals surface area contributed by atoms with E-state index in [4.69, 9.17) is 14.2 Å². The predicted octanol–water partition coefficient (Wildman–Crippen LogP) is 0.755. The van der Waals surface area contributed by atoms with Gasteiger partial charge in [0.05, 0.1) is 27.4 Å². The SMILES string of the molecule is COc1ccc(CCN(C)S(=O)(=O)N2CCOCC2)cc1OC. The Kier molecular flexibility index (Phi) is 6.23. The summed E-state index contributed by atoms with van der Waals surface area (Å²) in [5.41, 5.74) is 0.992. The Morgan fingerprint density at radius 2 is 1.83 bits per heavy atom. The van der Waals surface area contributed by atoms with E-state index in [9.17, 15) is 8.42 Å². The highest BCUT2D eigenvalue weighted by Gasteiger charge is 2.28. The van der Waals surface area contributed by atoms with Crippen molar-refractivity contribution in [3.8, 4) is 11.5 Å². The van der Waals surface area contributed by atoms with E-state index in [0.717, 1.165) is 5.56 Å². The van der Waals surface area contributed by atoms with Gasteiger partial charge >= 0.3 is 0 Å². The molecule has 1 saturated heterocycles. The number of benzene rings is 1. The summed E-state index contributed by atoms with van der Waals surface area (Å²) in [4.78, 5) is 0. The van der Waals surface area contributed by atoms with Crippen molar-refractivity contribution in [1.82, 2.24) is 8.61 Å². The molecule has 8 heteroatoms. The molecule has 0 atom stereocenters. The minimum absolute atomic E-state index is 0.398. The van der Waals surface area contributed by atoms with E-state index in [2.05, 4.69) is 0 Å². The summed E-state index contributed by atoms with van der Waals surface area (Å²) >= 11 is 0. The van der Waals surface area contributed by atoms with Gasteiger partial charge in [0.15, 0.2) is 11.5 Å². The number of methoxy groups -OCH3 is 2. The molecule has 1 aliphatic rings. The molecule has 1 aromatic rings. The molecule has 130 valence electrons. The minimum Gasteiger partial charge on any atom is -0.493 e. The van der Waals surface area contributed by atoms with E-state index in [1.165, 1.54) is 8.61 Å². The van der Waals surface area contributed by atoms with Crippen LogP contribution in [0.1, 0.15) is 5.56 Å². The molecular formula is C15H24N2O5S.